The van der Waals surface area contributed by atoms with Crippen molar-refractivity contribution in [2.75, 3.05) is 6.54 Å². The molecule has 0 aliphatic carbocycles. The zero-order valence-electron chi connectivity index (χ0n) is 11.9. The van der Waals surface area contributed by atoms with Gasteiger partial charge in [0, 0.05) is 18.7 Å². The van der Waals surface area contributed by atoms with Crippen LogP contribution in [0.5, 0.6) is 0 Å². The molecule has 0 fully saturated rings. The van der Waals surface area contributed by atoms with Gasteiger partial charge in [-0.05, 0) is 24.5 Å². The molecular weight excluding hydrogens is 280 g/mol. The lowest BCUT2D eigenvalue weighted by molar-refractivity contribution is -0.385. The maximum atomic E-state index is 12.2. The quantitative estimate of drug-likeness (QED) is 0.619. The number of nitro benzene ring substituents is 1. The zero-order valence-corrected chi connectivity index (χ0v) is 12.7. The fourth-order valence-electron chi connectivity index (χ4n) is 1.93. The van der Waals surface area contributed by atoms with Gasteiger partial charge < -0.3 is 0 Å². The Hall–Kier alpha value is -1.47. The summed E-state index contributed by atoms with van der Waals surface area (Å²) in [6.45, 7) is 5.96. The van der Waals surface area contributed by atoms with Gasteiger partial charge in [-0.15, -0.1) is 0 Å². The molecule has 0 bridgehead atoms. The lowest BCUT2D eigenvalue weighted by atomic mass is 10.0. The van der Waals surface area contributed by atoms with E-state index in [-0.39, 0.29) is 10.6 Å². The van der Waals surface area contributed by atoms with Crippen LogP contribution in [-0.4, -0.2) is 19.9 Å². The van der Waals surface area contributed by atoms with Gasteiger partial charge in [-0.1, -0.05) is 26.7 Å². The van der Waals surface area contributed by atoms with Crippen LogP contribution in [-0.2, 0) is 10.0 Å². The van der Waals surface area contributed by atoms with Crippen LogP contribution in [0.1, 0.15) is 32.3 Å². The van der Waals surface area contributed by atoms with Crippen LogP contribution in [0.15, 0.2) is 23.1 Å². The Morgan fingerprint density at radius 1 is 1.30 bits per heavy atom. The molecule has 0 amide bonds. The molecule has 112 valence electrons. The standard InChI is InChI=1S/C13H20N2O4S/c1-4-11(5-2)9-14-20(18,19)13-7-6-12(15(16)17)8-10(13)3/h6-8,11,14H,4-5,9H2,1-3H3. The third-order valence-corrected chi connectivity index (χ3v) is 4.96. The Bertz CT molecular complexity index is 580. The minimum atomic E-state index is -3.62. The fourth-order valence-corrected chi connectivity index (χ4v) is 3.27. The molecule has 6 nitrogen and oxygen atoms in total. The van der Waals surface area contributed by atoms with Crippen LogP contribution >= 0.6 is 0 Å². The molecule has 1 rings (SSSR count). The van der Waals surface area contributed by atoms with Gasteiger partial charge in [0.1, 0.15) is 0 Å². The van der Waals surface area contributed by atoms with E-state index >= 15 is 0 Å². The Morgan fingerprint density at radius 2 is 1.90 bits per heavy atom. The SMILES string of the molecule is CCC(CC)CNS(=O)(=O)c1ccc([N+](=O)[O-])cc1C. The van der Waals surface area contributed by atoms with E-state index in [0.717, 1.165) is 12.8 Å². The van der Waals surface area contributed by atoms with Crippen molar-refractivity contribution < 1.29 is 13.3 Å². The molecule has 0 radical (unpaired) electrons. The minimum Gasteiger partial charge on any atom is -0.258 e. The van der Waals surface area contributed by atoms with Crippen molar-refractivity contribution in [3.63, 3.8) is 0 Å². The normalized spacial score (nSPS) is 11.8. The average Bonchev–Trinajstić information content (AvgIpc) is 2.39. The summed E-state index contributed by atoms with van der Waals surface area (Å²) in [6.07, 6.45) is 1.80. The predicted molar refractivity (Wildman–Crippen MR) is 77.1 cm³/mol. The fraction of sp³-hybridized carbons (Fsp3) is 0.538. The summed E-state index contributed by atoms with van der Waals surface area (Å²) in [5.74, 6) is 0.295. The largest absolute Gasteiger partial charge is 0.269 e. The molecule has 20 heavy (non-hydrogen) atoms. The third-order valence-electron chi connectivity index (χ3n) is 3.38. The number of nitrogens with one attached hydrogen (secondary N) is 1. The van der Waals surface area contributed by atoms with Gasteiger partial charge in [0.05, 0.1) is 9.82 Å². The van der Waals surface area contributed by atoms with E-state index in [1.54, 1.807) is 6.92 Å². The maximum Gasteiger partial charge on any atom is 0.269 e. The summed E-state index contributed by atoms with van der Waals surface area (Å²) < 4.78 is 26.9. The van der Waals surface area contributed by atoms with E-state index in [9.17, 15) is 18.5 Å². The van der Waals surface area contributed by atoms with Crippen molar-refractivity contribution >= 4 is 15.7 Å². The van der Waals surface area contributed by atoms with Gasteiger partial charge in [0.2, 0.25) is 10.0 Å². The van der Waals surface area contributed by atoms with E-state index in [2.05, 4.69) is 4.72 Å². The van der Waals surface area contributed by atoms with Crippen LogP contribution in [0, 0.1) is 23.0 Å². The van der Waals surface area contributed by atoms with Crippen molar-refractivity contribution in [1.82, 2.24) is 4.72 Å². The molecule has 0 saturated heterocycles. The number of hydrogen-bond acceptors (Lipinski definition) is 4. The number of sulfonamides is 1. The number of rotatable bonds is 7. The highest BCUT2D eigenvalue weighted by Gasteiger charge is 2.20. The van der Waals surface area contributed by atoms with E-state index in [0.29, 0.717) is 18.0 Å². The predicted octanol–water partition coefficient (Wildman–Crippen LogP) is 2.62. The lowest BCUT2D eigenvalue weighted by Gasteiger charge is -2.14. The first-order valence-electron chi connectivity index (χ1n) is 6.56. The molecule has 0 unspecified atom stereocenters. The van der Waals surface area contributed by atoms with Crippen LogP contribution in [0.4, 0.5) is 5.69 Å². The molecule has 0 aliphatic heterocycles. The highest BCUT2D eigenvalue weighted by atomic mass is 32.2. The van der Waals surface area contributed by atoms with Gasteiger partial charge in [-0.3, -0.25) is 10.1 Å². The molecule has 0 heterocycles. The number of aryl methyl sites for hydroxylation is 1. The van der Waals surface area contributed by atoms with Crippen molar-refractivity contribution in [2.24, 2.45) is 5.92 Å². The summed E-state index contributed by atoms with van der Waals surface area (Å²) >= 11 is 0. The Morgan fingerprint density at radius 3 is 2.35 bits per heavy atom. The topological polar surface area (TPSA) is 89.3 Å². The molecule has 1 aromatic carbocycles. The first-order chi connectivity index (χ1) is 9.31. The summed E-state index contributed by atoms with van der Waals surface area (Å²) in [4.78, 5) is 10.2. The van der Waals surface area contributed by atoms with Gasteiger partial charge in [-0.25, -0.2) is 13.1 Å². The van der Waals surface area contributed by atoms with Crippen LogP contribution < -0.4 is 4.72 Å². The first kappa shape index (κ1) is 16.6. The lowest BCUT2D eigenvalue weighted by Crippen LogP contribution is -2.29. The van der Waals surface area contributed by atoms with Crippen molar-refractivity contribution in [3.05, 3.63) is 33.9 Å². The number of nitro groups is 1. The van der Waals surface area contributed by atoms with E-state index in [4.69, 9.17) is 0 Å². The highest BCUT2D eigenvalue weighted by Crippen LogP contribution is 2.21. The summed E-state index contributed by atoms with van der Waals surface area (Å²) in [6, 6.07) is 3.76. The van der Waals surface area contributed by atoms with Gasteiger partial charge >= 0.3 is 0 Å². The summed E-state index contributed by atoms with van der Waals surface area (Å²) in [7, 11) is -3.62. The Kier molecular flexibility index (Phi) is 5.64. The van der Waals surface area contributed by atoms with Crippen LogP contribution in [0.25, 0.3) is 0 Å². The number of non-ortho nitro benzene ring substituents is 1. The number of hydrogen-bond donors (Lipinski definition) is 1. The Labute approximate surface area is 119 Å². The first-order valence-corrected chi connectivity index (χ1v) is 8.04. The Balaban J connectivity index is 2.95. The minimum absolute atomic E-state index is 0.0917. The van der Waals surface area contributed by atoms with Crippen molar-refractivity contribution in [3.8, 4) is 0 Å². The molecule has 0 spiro atoms. The molecule has 7 heteroatoms. The van der Waals surface area contributed by atoms with E-state index in [1.165, 1.54) is 18.2 Å². The summed E-state index contributed by atoms with van der Waals surface area (Å²) in [5, 5.41) is 10.6. The molecule has 1 aromatic rings. The molecular formula is C13H20N2O4S. The molecule has 0 saturated carbocycles. The summed E-state index contributed by atoms with van der Waals surface area (Å²) in [5.41, 5.74) is 0.262. The average molecular weight is 300 g/mol. The van der Waals surface area contributed by atoms with Crippen LogP contribution in [0.2, 0.25) is 0 Å². The highest BCUT2D eigenvalue weighted by molar-refractivity contribution is 7.89. The van der Waals surface area contributed by atoms with Gasteiger partial charge in [0.25, 0.3) is 5.69 Å². The van der Waals surface area contributed by atoms with E-state index < -0.39 is 14.9 Å². The van der Waals surface area contributed by atoms with Gasteiger partial charge in [-0.2, -0.15) is 0 Å². The monoisotopic (exact) mass is 300 g/mol. The maximum absolute atomic E-state index is 12.2. The van der Waals surface area contributed by atoms with Gasteiger partial charge in [0.15, 0.2) is 0 Å². The van der Waals surface area contributed by atoms with E-state index in [1.807, 2.05) is 13.8 Å². The molecule has 1 N–H and O–H groups in total. The second-order valence-corrected chi connectivity index (χ2v) is 6.48. The molecule has 0 aromatic heterocycles. The third kappa shape index (κ3) is 4.01. The van der Waals surface area contributed by atoms with Crippen molar-refractivity contribution in [2.45, 2.75) is 38.5 Å². The number of nitrogens with zero attached hydrogens (tertiary/aromatic N) is 1. The zero-order chi connectivity index (χ0) is 15.3. The smallest absolute Gasteiger partial charge is 0.258 e. The second kappa shape index (κ2) is 6.81. The molecule has 0 atom stereocenters. The second-order valence-electron chi connectivity index (χ2n) is 4.74. The van der Waals surface area contributed by atoms with Crippen LogP contribution in [0.3, 0.4) is 0 Å². The number of benzene rings is 1. The molecule has 0 aliphatic rings. The van der Waals surface area contributed by atoms with Crippen molar-refractivity contribution in [1.29, 1.82) is 0 Å².